The summed E-state index contributed by atoms with van der Waals surface area (Å²) in [5, 5.41) is 10.5. The predicted molar refractivity (Wildman–Crippen MR) is 335 cm³/mol. The molecule has 0 saturated heterocycles. The molecule has 0 saturated carbocycles. The molecule has 0 bridgehead atoms. The summed E-state index contributed by atoms with van der Waals surface area (Å²) >= 11 is 0. The highest BCUT2D eigenvalue weighted by Crippen LogP contribution is 2.45. The summed E-state index contributed by atoms with van der Waals surface area (Å²) in [7, 11) is -9.90. The molecule has 0 aliphatic rings. The Morgan fingerprint density at radius 1 is 0.369 bits per heavy atom. The van der Waals surface area contributed by atoms with E-state index in [0.717, 1.165) is 115 Å². The zero-order chi connectivity index (χ0) is 62.2. The Kier molecular flexibility index (Phi) is 55.3. The van der Waals surface area contributed by atoms with Gasteiger partial charge in [0.05, 0.1) is 26.4 Å². The topological polar surface area (TPSA) is 237 Å². The van der Waals surface area contributed by atoms with E-state index in [2.05, 4.69) is 65.8 Å². The van der Waals surface area contributed by atoms with E-state index in [0.29, 0.717) is 31.6 Å². The molecule has 0 amide bonds. The Bertz CT molecular complexity index is 1740. The Hall–Kier alpha value is -2.46. The van der Waals surface area contributed by atoms with Gasteiger partial charge in [0, 0.05) is 25.7 Å². The van der Waals surface area contributed by atoms with Gasteiger partial charge in [-0.25, -0.2) is 9.13 Å². The molecule has 0 aromatic rings. The van der Waals surface area contributed by atoms with Gasteiger partial charge in [-0.2, -0.15) is 0 Å². The van der Waals surface area contributed by atoms with Gasteiger partial charge < -0.3 is 33.8 Å². The van der Waals surface area contributed by atoms with Gasteiger partial charge in [-0.1, -0.05) is 246 Å². The molecule has 17 nitrogen and oxygen atoms in total. The van der Waals surface area contributed by atoms with Crippen molar-refractivity contribution in [1.82, 2.24) is 0 Å². The quantitative estimate of drug-likeness (QED) is 0.0169. The van der Waals surface area contributed by atoms with E-state index in [-0.39, 0.29) is 25.7 Å². The van der Waals surface area contributed by atoms with Crippen LogP contribution in [-0.2, 0) is 65.4 Å². The molecule has 0 aliphatic carbocycles. The molecule has 0 aromatic carbocycles. The van der Waals surface area contributed by atoms with Crippen LogP contribution in [0.1, 0.15) is 298 Å². The third-order valence-corrected chi connectivity index (χ3v) is 16.2. The summed E-state index contributed by atoms with van der Waals surface area (Å²) in [6.45, 7) is 9.29. The van der Waals surface area contributed by atoms with E-state index in [1.807, 2.05) is 0 Å². The minimum atomic E-state index is -4.95. The van der Waals surface area contributed by atoms with E-state index in [1.54, 1.807) is 0 Å². The monoisotopic (exact) mass is 1240 g/mol. The maximum atomic E-state index is 13.0. The van der Waals surface area contributed by atoms with Crippen molar-refractivity contribution in [3.8, 4) is 0 Å². The second kappa shape index (κ2) is 57.0. The summed E-state index contributed by atoms with van der Waals surface area (Å²) in [4.78, 5) is 72.1. The lowest BCUT2D eigenvalue weighted by Gasteiger charge is -2.21. The first-order valence-electron chi connectivity index (χ1n) is 33.3. The third-order valence-electron chi connectivity index (χ3n) is 14.3. The second-order valence-electron chi connectivity index (χ2n) is 23.8. The number of hydrogen-bond acceptors (Lipinski definition) is 15. The van der Waals surface area contributed by atoms with E-state index in [4.69, 9.17) is 37.0 Å². The maximum absolute atomic E-state index is 13.0. The van der Waals surface area contributed by atoms with Gasteiger partial charge in [-0.15, -0.1) is 0 Å². The third kappa shape index (κ3) is 58.6. The Labute approximate surface area is 510 Å². The van der Waals surface area contributed by atoms with E-state index in [1.165, 1.54) is 96.3 Å². The lowest BCUT2D eigenvalue weighted by molar-refractivity contribution is -0.161. The maximum Gasteiger partial charge on any atom is 0.472 e. The molecule has 0 spiro atoms. The van der Waals surface area contributed by atoms with Gasteiger partial charge >= 0.3 is 39.5 Å². The van der Waals surface area contributed by atoms with Crippen molar-refractivity contribution >= 4 is 39.5 Å². The molecular weight excluding hydrogens is 1110 g/mol. The van der Waals surface area contributed by atoms with Crippen molar-refractivity contribution in [2.45, 2.75) is 317 Å². The van der Waals surface area contributed by atoms with Crippen LogP contribution in [0, 0.1) is 11.8 Å². The van der Waals surface area contributed by atoms with Crippen molar-refractivity contribution in [3.05, 3.63) is 24.3 Å². The van der Waals surface area contributed by atoms with Gasteiger partial charge in [0.25, 0.3) is 0 Å². The number of carbonyl (C=O) groups excluding carboxylic acids is 4. The minimum absolute atomic E-state index is 0.0840. The SMILES string of the molecule is CCCCCC/C=C\C=C/CCCCCCCC(=O)O[C@H](COC(=O)CCCCCCCCCCC(C)C)COP(=O)(O)OC[C@@H](O)COP(=O)(O)OC[C@@H](COC(=O)CCCCCCCCCCC)OC(=O)CCCCCCCCC(C)C. The van der Waals surface area contributed by atoms with Crippen LogP contribution in [0.5, 0.6) is 0 Å². The number of ether oxygens (including phenoxy) is 4. The lowest BCUT2D eigenvalue weighted by atomic mass is 10.0. The molecule has 0 fully saturated rings. The average molecular weight is 1240 g/mol. The Morgan fingerprint density at radius 2 is 0.643 bits per heavy atom. The minimum Gasteiger partial charge on any atom is -0.462 e. The number of esters is 4. The van der Waals surface area contributed by atoms with Crippen molar-refractivity contribution in [2.75, 3.05) is 39.6 Å². The molecule has 0 radical (unpaired) electrons. The van der Waals surface area contributed by atoms with Crippen molar-refractivity contribution in [2.24, 2.45) is 11.8 Å². The molecule has 19 heteroatoms. The smallest absolute Gasteiger partial charge is 0.462 e. The second-order valence-corrected chi connectivity index (χ2v) is 26.7. The van der Waals surface area contributed by atoms with Crippen LogP contribution >= 0.6 is 15.6 Å². The number of aliphatic hydroxyl groups excluding tert-OH is 1. The van der Waals surface area contributed by atoms with Crippen molar-refractivity contribution < 1.29 is 80.2 Å². The van der Waals surface area contributed by atoms with Crippen molar-refractivity contribution in [3.63, 3.8) is 0 Å². The molecule has 5 atom stereocenters. The molecule has 3 N–H and O–H groups in total. The first kappa shape index (κ1) is 81.5. The first-order valence-corrected chi connectivity index (χ1v) is 36.3. The van der Waals surface area contributed by atoms with Crippen LogP contribution in [0.2, 0.25) is 0 Å². The molecule has 0 aliphatic heterocycles. The predicted octanol–water partition coefficient (Wildman–Crippen LogP) is 17.6. The van der Waals surface area contributed by atoms with Crippen molar-refractivity contribution in [1.29, 1.82) is 0 Å². The van der Waals surface area contributed by atoms with Crippen LogP contribution in [-0.4, -0.2) is 96.7 Å². The highest BCUT2D eigenvalue weighted by atomic mass is 31.2. The summed E-state index contributed by atoms with van der Waals surface area (Å²) in [6, 6.07) is 0. The number of carbonyl (C=O) groups is 4. The van der Waals surface area contributed by atoms with Gasteiger partial charge in [-0.3, -0.25) is 37.3 Å². The van der Waals surface area contributed by atoms with Crippen LogP contribution in [0.4, 0.5) is 0 Å². The van der Waals surface area contributed by atoms with Crippen LogP contribution in [0.3, 0.4) is 0 Å². The zero-order valence-corrected chi connectivity index (χ0v) is 55.5. The largest absolute Gasteiger partial charge is 0.472 e. The van der Waals surface area contributed by atoms with E-state index >= 15 is 0 Å². The summed E-state index contributed by atoms with van der Waals surface area (Å²) < 4.78 is 67.9. The summed E-state index contributed by atoms with van der Waals surface area (Å²) in [6.07, 6.45) is 42.7. The highest BCUT2D eigenvalue weighted by Gasteiger charge is 2.30. The molecule has 2 unspecified atom stereocenters. The molecule has 0 rings (SSSR count). The normalized spacial score (nSPS) is 14.5. The van der Waals surface area contributed by atoms with Gasteiger partial charge in [0.15, 0.2) is 12.2 Å². The number of aliphatic hydroxyl groups is 1. The number of phosphoric ester groups is 2. The fraction of sp³-hybridized carbons (Fsp3) is 0.877. The lowest BCUT2D eigenvalue weighted by Crippen LogP contribution is -2.30. The van der Waals surface area contributed by atoms with E-state index in [9.17, 15) is 43.2 Å². The first-order chi connectivity index (χ1) is 40.4. The molecule has 494 valence electrons. The standard InChI is InChI=1S/C65H122O17P2/c1-7-9-11-13-15-17-18-19-20-21-22-24-30-37-43-49-64(69)81-60(53-76-63(68)48-42-36-29-26-25-27-33-39-45-57(3)4)55-79-83(71,72)77-51-59(66)52-78-84(73,74)80-56-61(82-65(70)50-44-38-32-31-34-40-46-58(5)6)54-75-62(67)47-41-35-28-23-16-14-12-10-8-2/h17-20,57-61,66H,7-16,21-56H2,1-6H3,(H,71,72)(H,73,74)/b18-17-,20-19-/t59-,60-,61-/m1/s1. The highest BCUT2D eigenvalue weighted by molar-refractivity contribution is 7.47. The fourth-order valence-electron chi connectivity index (χ4n) is 9.17. The summed E-state index contributed by atoms with van der Waals surface area (Å²) in [5.41, 5.74) is 0. The number of hydrogen-bond donors (Lipinski definition) is 3. The van der Waals surface area contributed by atoms with Gasteiger partial charge in [0.2, 0.25) is 0 Å². The fourth-order valence-corrected chi connectivity index (χ4v) is 10.7. The Balaban J connectivity index is 5.27. The average Bonchev–Trinajstić information content (AvgIpc) is 3.46. The van der Waals surface area contributed by atoms with Crippen LogP contribution < -0.4 is 0 Å². The number of unbranched alkanes of at least 4 members (excludes halogenated alkanes) is 29. The van der Waals surface area contributed by atoms with Crippen LogP contribution in [0.15, 0.2) is 24.3 Å². The zero-order valence-electron chi connectivity index (χ0n) is 53.7. The van der Waals surface area contributed by atoms with Gasteiger partial charge in [-0.05, 0) is 63.2 Å². The molecular formula is C65H122O17P2. The van der Waals surface area contributed by atoms with E-state index < -0.39 is 97.5 Å². The Morgan fingerprint density at radius 3 is 0.976 bits per heavy atom. The molecule has 0 heterocycles. The molecule has 84 heavy (non-hydrogen) atoms. The number of phosphoric acid groups is 2. The van der Waals surface area contributed by atoms with Gasteiger partial charge in [0.1, 0.15) is 19.3 Å². The number of rotatable bonds is 62. The van der Waals surface area contributed by atoms with Crippen LogP contribution in [0.25, 0.3) is 0 Å². The molecule has 0 aromatic heterocycles. The summed E-state index contributed by atoms with van der Waals surface area (Å²) in [5.74, 6) is -0.778. The number of allylic oxidation sites excluding steroid dienone is 4.